The molecule has 0 spiro atoms. The number of rotatable bonds is 4. The maximum Gasteiger partial charge on any atom is 0.136 e. The van der Waals surface area contributed by atoms with Crippen LogP contribution in [0.1, 0.15) is 0 Å². The smallest absolute Gasteiger partial charge is 0.136 e. The molecule has 0 fully saturated rings. The van der Waals surface area contributed by atoms with Crippen molar-refractivity contribution < 1.29 is 8.83 Å². The van der Waals surface area contributed by atoms with Crippen LogP contribution in [0.2, 0.25) is 0 Å². The van der Waals surface area contributed by atoms with Gasteiger partial charge in [0.1, 0.15) is 22.3 Å². The molecule has 0 saturated heterocycles. The normalized spacial score (nSPS) is 12.0. The number of hydrogen-bond acceptors (Lipinski definition) is 2. The Hall–Kier alpha value is -7.94. The fourth-order valence-electron chi connectivity index (χ4n) is 10.2. The molecule has 0 aliphatic rings. The quantitative estimate of drug-likeness (QED) is 0.167. The molecule has 2 aromatic heterocycles. The number of furan rings is 2. The molecule has 0 aliphatic heterocycles. The lowest BCUT2D eigenvalue weighted by atomic mass is 9.84. The average molecular weight is 763 g/mol. The molecule has 0 bridgehead atoms. The van der Waals surface area contributed by atoms with Crippen molar-refractivity contribution >= 4 is 87.0 Å². The van der Waals surface area contributed by atoms with E-state index in [1.807, 2.05) is 12.1 Å². The van der Waals surface area contributed by atoms with Crippen LogP contribution in [0.5, 0.6) is 0 Å². The van der Waals surface area contributed by atoms with Crippen LogP contribution in [-0.2, 0) is 0 Å². The van der Waals surface area contributed by atoms with E-state index in [4.69, 9.17) is 8.83 Å². The van der Waals surface area contributed by atoms with Crippen molar-refractivity contribution in [3.8, 4) is 44.5 Å². The molecule has 2 heterocycles. The molecule has 2 nitrogen and oxygen atoms in total. The predicted octanol–water partition coefficient (Wildman–Crippen LogP) is 16.8. The van der Waals surface area contributed by atoms with Gasteiger partial charge in [-0.15, -0.1) is 0 Å². The summed E-state index contributed by atoms with van der Waals surface area (Å²) in [6.45, 7) is 0. The molecule has 278 valence electrons. The van der Waals surface area contributed by atoms with Gasteiger partial charge in [-0.2, -0.15) is 0 Å². The Kier molecular flexibility index (Phi) is 7.05. The van der Waals surface area contributed by atoms with Gasteiger partial charge in [-0.05, 0) is 124 Å². The largest absolute Gasteiger partial charge is 0.456 e. The van der Waals surface area contributed by atoms with Crippen LogP contribution in [0.25, 0.3) is 131 Å². The van der Waals surface area contributed by atoms with Crippen LogP contribution in [0.15, 0.2) is 215 Å². The van der Waals surface area contributed by atoms with Crippen LogP contribution < -0.4 is 0 Å². The molecule has 0 aliphatic carbocycles. The second-order valence-corrected chi connectivity index (χ2v) is 15.8. The van der Waals surface area contributed by atoms with Crippen LogP contribution >= 0.6 is 0 Å². The Morgan fingerprint density at radius 2 is 0.600 bits per heavy atom. The van der Waals surface area contributed by atoms with Crippen molar-refractivity contribution in [1.29, 1.82) is 0 Å². The molecule has 60 heavy (non-hydrogen) atoms. The van der Waals surface area contributed by atoms with E-state index in [9.17, 15) is 0 Å². The summed E-state index contributed by atoms with van der Waals surface area (Å²) >= 11 is 0. The molecule has 0 atom stereocenters. The van der Waals surface area contributed by atoms with Gasteiger partial charge in [-0.25, -0.2) is 0 Å². The number of hydrogen-bond donors (Lipinski definition) is 0. The van der Waals surface area contributed by atoms with Gasteiger partial charge in [0, 0.05) is 21.5 Å². The zero-order chi connectivity index (χ0) is 39.3. The van der Waals surface area contributed by atoms with E-state index in [1.165, 1.54) is 70.9 Å². The van der Waals surface area contributed by atoms with Crippen LogP contribution in [0.4, 0.5) is 0 Å². The van der Waals surface area contributed by atoms with Gasteiger partial charge in [0.05, 0.1) is 0 Å². The minimum Gasteiger partial charge on any atom is -0.456 e. The highest BCUT2D eigenvalue weighted by atomic mass is 16.3. The van der Waals surface area contributed by atoms with Crippen molar-refractivity contribution in [2.24, 2.45) is 0 Å². The van der Waals surface area contributed by atoms with Crippen molar-refractivity contribution in [3.05, 3.63) is 206 Å². The standard InChI is InChI=1S/C58H34O2/c1-2-15-35(16-3-1)54-40-18-4-6-20-42(40)55(43-21-7-5-19-41(43)54)37-30-32-48-53(34-37)60-51-28-14-26-49(58(48)51)57-46-24-10-8-22-44(46)56(45-23-9-11-25-47(45)57)36-29-31-39-38-17-12-13-27-50(38)59-52(39)33-36/h1-34H. The van der Waals surface area contributed by atoms with Crippen molar-refractivity contribution in [2.45, 2.75) is 0 Å². The van der Waals surface area contributed by atoms with Crippen molar-refractivity contribution in [3.63, 3.8) is 0 Å². The van der Waals surface area contributed by atoms with Crippen LogP contribution in [0.3, 0.4) is 0 Å². The highest BCUT2D eigenvalue weighted by molar-refractivity contribution is 6.27. The first kappa shape index (κ1) is 33.1. The van der Waals surface area contributed by atoms with Crippen LogP contribution in [0, 0.1) is 0 Å². The van der Waals surface area contributed by atoms with E-state index >= 15 is 0 Å². The van der Waals surface area contributed by atoms with E-state index in [2.05, 4.69) is 194 Å². The number of para-hydroxylation sites is 1. The maximum atomic E-state index is 6.87. The molecule has 0 amide bonds. The fraction of sp³-hybridized carbons (Fsp3) is 0. The van der Waals surface area contributed by atoms with Gasteiger partial charge >= 0.3 is 0 Å². The average Bonchev–Trinajstić information content (AvgIpc) is 3.88. The van der Waals surface area contributed by atoms with E-state index in [-0.39, 0.29) is 0 Å². The topological polar surface area (TPSA) is 26.3 Å². The van der Waals surface area contributed by atoms with Gasteiger partial charge < -0.3 is 8.83 Å². The first-order valence-corrected chi connectivity index (χ1v) is 20.6. The molecule has 0 N–H and O–H groups in total. The third kappa shape index (κ3) is 4.76. The monoisotopic (exact) mass is 762 g/mol. The van der Waals surface area contributed by atoms with Gasteiger partial charge in [0.15, 0.2) is 0 Å². The highest BCUT2D eigenvalue weighted by Gasteiger charge is 2.22. The Labute approximate surface area is 345 Å². The SMILES string of the molecule is c1ccc(-c2c3ccccc3c(-c3ccc4c(c3)oc3cccc(-c5c6ccccc6c(-c6ccc7c(c6)oc6ccccc67)c6ccccc56)c34)c3ccccc23)cc1. The van der Waals surface area contributed by atoms with Crippen molar-refractivity contribution in [1.82, 2.24) is 0 Å². The maximum absolute atomic E-state index is 6.87. The van der Waals surface area contributed by atoms with E-state index in [0.29, 0.717) is 0 Å². The Morgan fingerprint density at radius 3 is 1.15 bits per heavy atom. The van der Waals surface area contributed by atoms with Gasteiger partial charge in [-0.1, -0.05) is 170 Å². The molecule has 2 heteroatoms. The Morgan fingerprint density at radius 1 is 0.217 bits per heavy atom. The van der Waals surface area contributed by atoms with Crippen molar-refractivity contribution in [2.75, 3.05) is 0 Å². The Balaban J connectivity index is 1.04. The second kappa shape index (κ2) is 12.8. The summed E-state index contributed by atoms with van der Waals surface area (Å²) in [5.41, 5.74) is 13.1. The minimum absolute atomic E-state index is 0.875. The lowest BCUT2D eigenvalue weighted by Gasteiger charge is -2.18. The summed E-state index contributed by atoms with van der Waals surface area (Å²) in [5.74, 6) is 0. The van der Waals surface area contributed by atoms with Crippen LogP contribution in [-0.4, -0.2) is 0 Å². The minimum atomic E-state index is 0.875. The summed E-state index contributed by atoms with van der Waals surface area (Å²) in [7, 11) is 0. The molecule has 0 saturated carbocycles. The molecular formula is C58H34O2. The van der Waals surface area contributed by atoms with Gasteiger partial charge in [-0.3, -0.25) is 0 Å². The fourth-order valence-corrected chi connectivity index (χ4v) is 10.2. The Bertz CT molecular complexity index is 3770. The molecule has 0 unspecified atom stereocenters. The van der Waals surface area contributed by atoms with E-state index in [1.54, 1.807) is 0 Å². The predicted molar refractivity (Wildman–Crippen MR) is 253 cm³/mol. The summed E-state index contributed by atoms with van der Waals surface area (Å²) < 4.78 is 13.3. The lowest BCUT2D eigenvalue weighted by Crippen LogP contribution is -1.91. The second-order valence-electron chi connectivity index (χ2n) is 15.8. The van der Waals surface area contributed by atoms with E-state index < -0.39 is 0 Å². The zero-order valence-electron chi connectivity index (χ0n) is 32.4. The summed E-state index contributed by atoms with van der Waals surface area (Å²) in [6, 6.07) is 74.4. The highest BCUT2D eigenvalue weighted by Crippen LogP contribution is 2.49. The van der Waals surface area contributed by atoms with E-state index in [0.717, 1.165) is 60.6 Å². The molecular weight excluding hydrogens is 729 g/mol. The molecule has 0 radical (unpaired) electrons. The molecule has 13 rings (SSSR count). The summed E-state index contributed by atoms with van der Waals surface area (Å²) in [5, 5.41) is 14.2. The number of fused-ring (bicyclic) bond motifs is 10. The van der Waals surface area contributed by atoms with Gasteiger partial charge in [0.2, 0.25) is 0 Å². The zero-order valence-corrected chi connectivity index (χ0v) is 32.4. The third-order valence-electron chi connectivity index (χ3n) is 12.6. The molecule has 13 aromatic rings. The third-order valence-corrected chi connectivity index (χ3v) is 12.6. The first-order chi connectivity index (χ1) is 29.8. The molecule has 11 aromatic carbocycles. The first-order valence-electron chi connectivity index (χ1n) is 20.6. The summed E-state index contributed by atoms with van der Waals surface area (Å²) in [4.78, 5) is 0. The summed E-state index contributed by atoms with van der Waals surface area (Å²) in [6.07, 6.45) is 0. The van der Waals surface area contributed by atoms with Gasteiger partial charge in [0.25, 0.3) is 0 Å². The lowest BCUT2D eigenvalue weighted by molar-refractivity contribution is 0.668. The number of benzene rings is 11.